The van der Waals surface area contributed by atoms with Gasteiger partial charge >= 0.3 is 0 Å². The first kappa shape index (κ1) is 11.6. The molecule has 0 heterocycles. The van der Waals surface area contributed by atoms with E-state index in [1.54, 1.807) is 25.6 Å². The second-order valence-electron chi connectivity index (χ2n) is 2.32. The Bertz CT molecular complexity index is 254. The zero-order chi connectivity index (χ0) is 10.1. The van der Waals surface area contributed by atoms with Crippen LogP contribution >= 0.6 is 0 Å². The Balaban J connectivity index is 5.10. The Morgan fingerprint density at radius 2 is 2.00 bits per heavy atom. The first-order chi connectivity index (χ1) is 6.29. The molecule has 0 aromatic carbocycles. The predicted molar refractivity (Wildman–Crippen MR) is 60.6 cm³/mol. The van der Waals surface area contributed by atoms with Crippen LogP contribution in [0.3, 0.4) is 0 Å². The molecular weight excluding hydrogens is 160 g/mol. The summed E-state index contributed by atoms with van der Waals surface area (Å²) in [5.74, 6) is 0. The summed E-state index contributed by atoms with van der Waals surface area (Å²) in [6.07, 6.45) is 9.13. The van der Waals surface area contributed by atoms with Crippen LogP contribution in [-0.2, 0) is 0 Å². The average molecular weight is 176 g/mol. The molecule has 13 heavy (non-hydrogen) atoms. The van der Waals surface area contributed by atoms with Gasteiger partial charge in [-0.2, -0.15) is 0 Å². The van der Waals surface area contributed by atoms with E-state index in [0.717, 1.165) is 11.3 Å². The lowest BCUT2D eigenvalue weighted by atomic mass is 10.2. The van der Waals surface area contributed by atoms with Crippen molar-refractivity contribution in [3.63, 3.8) is 0 Å². The third-order valence-electron chi connectivity index (χ3n) is 1.38. The number of hydrogen-bond acceptors (Lipinski definition) is 2. The van der Waals surface area contributed by atoms with Crippen LogP contribution in [0, 0.1) is 0 Å². The minimum atomic E-state index is 0.832. The summed E-state index contributed by atoms with van der Waals surface area (Å²) >= 11 is 0. The predicted octanol–water partition coefficient (Wildman–Crippen LogP) is 2.79. The van der Waals surface area contributed by atoms with Crippen LogP contribution in [0.2, 0.25) is 0 Å². The number of rotatable bonds is 4. The SMILES string of the molecule is C=CC(/C=C\C)=C(/C=NC)N=CC. The van der Waals surface area contributed by atoms with Gasteiger partial charge in [0.25, 0.3) is 0 Å². The van der Waals surface area contributed by atoms with Gasteiger partial charge in [-0.1, -0.05) is 24.8 Å². The second-order valence-corrected chi connectivity index (χ2v) is 2.32. The molecule has 0 spiro atoms. The zero-order valence-electron chi connectivity index (χ0n) is 8.49. The van der Waals surface area contributed by atoms with Crippen molar-refractivity contribution in [3.8, 4) is 0 Å². The molecule has 0 bridgehead atoms. The maximum atomic E-state index is 4.19. The molecule has 0 saturated heterocycles. The molecule has 0 atom stereocenters. The number of allylic oxidation sites excluding steroid dienone is 5. The summed E-state index contributed by atoms with van der Waals surface area (Å²) in [5.41, 5.74) is 1.81. The first-order valence-corrected chi connectivity index (χ1v) is 4.20. The third kappa shape index (κ3) is 4.21. The summed E-state index contributed by atoms with van der Waals surface area (Å²) in [7, 11) is 1.72. The largest absolute Gasteiger partial charge is 0.294 e. The van der Waals surface area contributed by atoms with Gasteiger partial charge in [0.2, 0.25) is 0 Å². The molecule has 0 aromatic heterocycles. The second kappa shape index (κ2) is 7.22. The van der Waals surface area contributed by atoms with E-state index in [9.17, 15) is 0 Å². The smallest absolute Gasteiger partial charge is 0.0875 e. The topological polar surface area (TPSA) is 24.7 Å². The lowest BCUT2D eigenvalue weighted by Gasteiger charge is -1.97. The van der Waals surface area contributed by atoms with Crippen LogP contribution in [0.1, 0.15) is 13.8 Å². The van der Waals surface area contributed by atoms with E-state index in [1.165, 1.54) is 0 Å². The molecule has 0 radical (unpaired) electrons. The Labute approximate surface area is 80.1 Å². The van der Waals surface area contributed by atoms with Crippen LogP contribution in [0.25, 0.3) is 0 Å². The van der Waals surface area contributed by atoms with E-state index in [1.807, 2.05) is 26.0 Å². The Hall–Kier alpha value is -1.44. The molecule has 0 aliphatic carbocycles. The highest BCUT2D eigenvalue weighted by Crippen LogP contribution is 2.06. The molecule has 2 nitrogen and oxygen atoms in total. The fourth-order valence-electron chi connectivity index (χ4n) is 0.881. The molecule has 0 amide bonds. The molecule has 0 unspecified atom stereocenters. The molecule has 70 valence electrons. The maximum Gasteiger partial charge on any atom is 0.0875 e. The minimum Gasteiger partial charge on any atom is -0.294 e. The average Bonchev–Trinajstić information content (AvgIpc) is 2.14. The molecule has 0 rings (SSSR count). The fourth-order valence-corrected chi connectivity index (χ4v) is 0.881. The van der Waals surface area contributed by atoms with E-state index in [4.69, 9.17) is 0 Å². The molecule has 0 aliphatic rings. The van der Waals surface area contributed by atoms with E-state index < -0.39 is 0 Å². The van der Waals surface area contributed by atoms with E-state index >= 15 is 0 Å². The first-order valence-electron chi connectivity index (χ1n) is 4.20. The van der Waals surface area contributed by atoms with Crippen LogP contribution in [0.4, 0.5) is 0 Å². The molecular formula is C11H16N2. The third-order valence-corrected chi connectivity index (χ3v) is 1.38. The standard InChI is InChI=1S/C11H16N2/c1-5-8-10(6-2)11(9-12-4)13-7-3/h5-9H,2H2,1,3-4H3/b8-5-,11-10+,12-9?,13-7?. The number of aliphatic imine (C=N–C) groups is 2. The lowest BCUT2D eigenvalue weighted by Crippen LogP contribution is -1.86. The van der Waals surface area contributed by atoms with Crippen molar-refractivity contribution in [1.82, 2.24) is 0 Å². The normalized spacial score (nSPS) is 14.4. The van der Waals surface area contributed by atoms with Gasteiger partial charge in [0, 0.05) is 25.0 Å². The van der Waals surface area contributed by atoms with E-state index in [-0.39, 0.29) is 0 Å². The van der Waals surface area contributed by atoms with Crippen molar-refractivity contribution in [2.75, 3.05) is 7.05 Å². The van der Waals surface area contributed by atoms with Crippen LogP contribution in [0.5, 0.6) is 0 Å². The van der Waals surface area contributed by atoms with Gasteiger partial charge in [-0.25, -0.2) is 0 Å². The monoisotopic (exact) mass is 176 g/mol. The van der Waals surface area contributed by atoms with Crippen molar-refractivity contribution in [1.29, 1.82) is 0 Å². The quantitative estimate of drug-likeness (QED) is 0.465. The van der Waals surface area contributed by atoms with Crippen molar-refractivity contribution in [2.24, 2.45) is 9.98 Å². The van der Waals surface area contributed by atoms with Crippen molar-refractivity contribution in [2.45, 2.75) is 13.8 Å². The summed E-state index contributed by atoms with van der Waals surface area (Å²) in [4.78, 5) is 8.11. The number of nitrogens with zero attached hydrogens (tertiary/aromatic N) is 2. The zero-order valence-corrected chi connectivity index (χ0v) is 8.49. The highest BCUT2D eigenvalue weighted by Gasteiger charge is 1.93. The van der Waals surface area contributed by atoms with Crippen LogP contribution < -0.4 is 0 Å². The molecule has 0 aliphatic heterocycles. The van der Waals surface area contributed by atoms with Gasteiger partial charge in [-0.05, 0) is 13.8 Å². The maximum absolute atomic E-state index is 4.19. The van der Waals surface area contributed by atoms with Crippen molar-refractivity contribution in [3.05, 3.63) is 36.1 Å². The van der Waals surface area contributed by atoms with Gasteiger partial charge in [-0.15, -0.1) is 0 Å². The van der Waals surface area contributed by atoms with Gasteiger partial charge in [0.1, 0.15) is 0 Å². The van der Waals surface area contributed by atoms with Gasteiger partial charge in [0.15, 0.2) is 0 Å². The molecule has 0 aromatic rings. The molecule has 2 heteroatoms. The van der Waals surface area contributed by atoms with Gasteiger partial charge < -0.3 is 0 Å². The summed E-state index contributed by atoms with van der Waals surface area (Å²) in [6, 6.07) is 0. The van der Waals surface area contributed by atoms with Crippen molar-refractivity contribution < 1.29 is 0 Å². The lowest BCUT2D eigenvalue weighted by molar-refractivity contribution is 1.38. The van der Waals surface area contributed by atoms with Crippen LogP contribution in [-0.4, -0.2) is 19.5 Å². The van der Waals surface area contributed by atoms with E-state index in [0.29, 0.717) is 0 Å². The number of hydrogen-bond donors (Lipinski definition) is 0. The summed E-state index contributed by atoms with van der Waals surface area (Å²) < 4.78 is 0. The van der Waals surface area contributed by atoms with E-state index in [2.05, 4.69) is 16.6 Å². The van der Waals surface area contributed by atoms with Gasteiger partial charge in [0.05, 0.1) is 5.70 Å². The summed E-state index contributed by atoms with van der Waals surface area (Å²) in [6.45, 7) is 7.55. The minimum absolute atomic E-state index is 0.832. The molecule has 0 fully saturated rings. The van der Waals surface area contributed by atoms with Crippen molar-refractivity contribution >= 4 is 12.4 Å². The van der Waals surface area contributed by atoms with Crippen LogP contribution in [0.15, 0.2) is 46.1 Å². The van der Waals surface area contributed by atoms with Gasteiger partial charge in [-0.3, -0.25) is 9.98 Å². The Kier molecular flexibility index (Phi) is 6.42. The summed E-state index contributed by atoms with van der Waals surface area (Å²) in [5, 5.41) is 0. The fraction of sp³-hybridized carbons (Fsp3) is 0.273. The Morgan fingerprint density at radius 3 is 2.38 bits per heavy atom. The highest BCUT2D eigenvalue weighted by molar-refractivity contribution is 5.83. The highest BCUT2D eigenvalue weighted by atomic mass is 14.8. The molecule has 0 N–H and O–H groups in total. The molecule has 0 saturated carbocycles. The Morgan fingerprint density at radius 1 is 1.31 bits per heavy atom.